The predicted octanol–water partition coefficient (Wildman–Crippen LogP) is 3.90. The van der Waals surface area contributed by atoms with E-state index in [1.165, 1.54) is 11.3 Å². The minimum absolute atomic E-state index is 0.121. The second-order valence-electron chi connectivity index (χ2n) is 6.25. The minimum atomic E-state index is -0.192. The van der Waals surface area contributed by atoms with Crippen LogP contribution in [0, 0.1) is 0 Å². The number of anilines is 1. The fraction of sp³-hybridized carbons (Fsp3) is 0.150. The zero-order valence-corrected chi connectivity index (χ0v) is 15.5. The van der Waals surface area contributed by atoms with Crippen molar-refractivity contribution < 1.29 is 18.8 Å². The molecule has 1 N–H and O–H groups in total. The van der Waals surface area contributed by atoms with Crippen molar-refractivity contribution in [3.05, 3.63) is 53.5 Å². The Morgan fingerprint density at radius 2 is 1.96 bits per heavy atom. The molecule has 0 saturated heterocycles. The number of carbonyl (C=O) groups is 1. The Morgan fingerprint density at radius 1 is 1.11 bits per heavy atom. The van der Waals surface area contributed by atoms with Crippen LogP contribution in [0.2, 0.25) is 0 Å². The van der Waals surface area contributed by atoms with Crippen LogP contribution in [-0.4, -0.2) is 29.3 Å². The van der Waals surface area contributed by atoms with Crippen molar-refractivity contribution in [3.8, 4) is 22.8 Å². The van der Waals surface area contributed by atoms with E-state index in [-0.39, 0.29) is 12.3 Å². The molecule has 7 nitrogen and oxygen atoms in total. The quantitative estimate of drug-likeness (QED) is 0.566. The molecule has 0 spiro atoms. The molecule has 1 aliphatic heterocycles. The van der Waals surface area contributed by atoms with Crippen LogP contribution in [0.3, 0.4) is 0 Å². The second kappa shape index (κ2) is 6.97. The highest BCUT2D eigenvalue weighted by atomic mass is 32.1. The summed E-state index contributed by atoms with van der Waals surface area (Å²) >= 11 is 1.37. The number of hydrogen-bond donors (Lipinski definition) is 1. The third-order valence-corrected chi connectivity index (χ3v) is 5.13. The van der Waals surface area contributed by atoms with Crippen LogP contribution in [0.1, 0.15) is 5.69 Å². The van der Waals surface area contributed by atoms with Crippen LogP contribution in [0.25, 0.3) is 22.2 Å². The lowest BCUT2D eigenvalue weighted by molar-refractivity contribution is -0.115. The average Bonchev–Trinajstić information content (AvgIpc) is 3.35. The van der Waals surface area contributed by atoms with Gasteiger partial charge < -0.3 is 19.3 Å². The van der Waals surface area contributed by atoms with Gasteiger partial charge >= 0.3 is 0 Å². The van der Waals surface area contributed by atoms with E-state index in [9.17, 15) is 4.79 Å². The van der Waals surface area contributed by atoms with E-state index >= 15 is 0 Å². The summed E-state index contributed by atoms with van der Waals surface area (Å²) in [5, 5.41) is 10.1. The largest absolute Gasteiger partial charge is 0.486 e. The first-order valence-electron chi connectivity index (χ1n) is 8.75. The summed E-state index contributed by atoms with van der Waals surface area (Å²) in [4.78, 5) is 16.9. The Hall–Kier alpha value is -3.39. The molecule has 0 fully saturated rings. The summed E-state index contributed by atoms with van der Waals surface area (Å²) in [6.45, 7) is 1.09. The van der Waals surface area contributed by atoms with Gasteiger partial charge in [0.05, 0.1) is 12.1 Å². The van der Waals surface area contributed by atoms with E-state index < -0.39 is 0 Å². The highest BCUT2D eigenvalue weighted by Gasteiger charge is 2.16. The number of aromatic nitrogens is 2. The van der Waals surface area contributed by atoms with Crippen LogP contribution in [-0.2, 0) is 11.2 Å². The van der Waals surface area contributed by atoms with Crippen LogP contribution in [0.15, 0.2) is 52.4 Å². The Labute approximate surface area is 163 Å². The molecule has 2 aromatic carbocycles. The molecular weight excluding hydrogens is 378 g/mol. The van der Waals surface area contributed by atoms with Crippen molar-refractivity contribution in [2.75, 3.05) is 18.5 Å². The zero-order chi connectivity index (χ0) is 18.9. The van der Waals surface area contributed by atoms with E-state index in [2.05, 4.69) is 15.5 Å². The molecule has 8 heteroatoms. The SMILES string of the molecule is O=C(Cc1noc2ccccc12)Nc1nc(-c2ccc3c(c2)OCCO3)cs1. The summed E-state index contributed by atoms with van der Waals surface area (Å²) < 4.78 is 16.4. The summed E-state index contributed by atoms with van der Waals surface area (Å²) in [5.74, 6) is 1.25. The van der Waals surface area contributed by atoms with E-state index in [1.807, 2.05) is 47.8 Å². The lowest BCUT2D eigenvalue weighted by atomic mass is 10.1. The number of hydrogen-bond acceptors (Lipinski definition) is 7. The molecule has 0 bridgehead atoms. The maximum Gasteiger partial charge on any atom is 0.232 e. The number of carbonyl (C=O) groups excluding carboxylic acids is 1. The van der Waals surface area contributed by atoms with Crippen LogP contribution in [0.5, 0.6) is 11.5 Å². The molecule has 1 aliphatic rings. The molecule has 1 amide bonds. The molecule has 28 heavy (non-hydrogen) atoms. The monoisotopic (exact) mass is 393 g/mol. The average molecular weight is 393 g/mol. The van der Waals surface area contributed by atoms with Crippen LogP contribution in [0.4, 0.5) is 5.13 Å². The molecule has 140 valence electrons. The normalized spacial score (nSPS) is 12.9. The minimum Gasteiger partial charge on any atom is -0.486 e. The predicted molar refractivity (Wildman–Crippen MR) is 105 cm³/mol. The smallest absolute Gasteiger partial charge is 0.232 e. The van der Waals surface area contributed by atoms with Gasteiger partial charge in [0.2, 0.25) is 5.91 Å². The van der Waals surface area contributed by atoms with Gasteiger partial charge in [-0.3, -0.25) is 4.79 Å². The molecule has 0 unspecified atom stereocenters. The molecule has 2 aromatic heterocycles. The number of ether oxygens (including phenoxy) is 2. The topological polar surface area (TPSA) is 86.5 Å². The standard InChI is InChI=1S/C20H15N3O4S/c24-19(10-14-13-3-1-2-4-16(13)27-23-14)22-20-21-15(11-28-20)12-5-6-17-18(9-12)26-8-7-25-17/h1-6,9,11H,7-8,10H2,(H,21,22,24). The van der Waals surface area contributed by atoms with Crippen molar-refractivity contribution in [1.29, 1.82) is 0 Å². The molecule has 4 aromatic rings. The van der Waals surface area contributed by atoms with E-state index in [1.54, 1.807) is 0 Å². The summed E-state index contributed by atoms with van der Waals surface area (Å²) in [6, 6.07) is 13.2. The number of fused-ring (bicyclic) bond motifs is 2. The molecule has 0 aliphatic carbocycles. The van der Waals surface area contributed by atoms with Crippen molar-refractivity contribution >= 4 is 33.3 Å². The lowest BCUT2D eigenvalue weighted by Gasteiger charge is -2.18. The number of amides is 1. The van der Waals surface area contributed by atoms with Gasteiger partial charge in [-0.25, -0.2) is 4.98 Å². The molecule has 0 saturated carbocycles. The van der Waals surface area contributed by atoms with Gasteiger partial charge in [0.25, 0.3) is 0 Å². The first-order chi connectivity index (χ1) is 13.8. The number of nitrogens with one attached hydrogen (secondary N) is 1. The Balaban J connectivity index is 1.30. The number of nitrogens with zero attached hydrogens (tertiary/aromatic N) is 2. The lowest BCUT2D eigenvalue weighted by Crippen LogP contribution is -2.15. The van der Waals surface area contributed by atoms with Crippen LogP contribution < -0.4 is 14.8 Å². The van der Waals surface area contributed by atoms with Gasteiger partial charge in [-0.15, -0.1) is 11.3 Å². The summed E-state index contributed by atoms with van der Waals surface area (Å²) in [7, 11) is 0. The Kier molecular flexibility index (Phi) is 4.17. The first-order valence-corrected chi connectivity index (χ1v) is 9.63. The van der Waals surface area contributed by atoms with Gasteiger partial charge in [-0.1, -0.05) is 17.3 Å². The van der Waals surface area contributed by atoms with Gasteiger partial charge in [0.1, 0.15) is 18.9 Å². The van der Waals surface area contributed by atoms with Crippen molar-refractivity contribution in [1.82, 2.24) is 10.1 Å². The third-order valence-electron chi connectivity index (χ3n) is 4.37. The fourth-order valence-corrected chi connectivity index (χ4v) is 3.78. The van der Waals surface area contributed by atoms with Crippen molar-refractivity contribution in [2.45, 2.75) is 6.42 Å². The molecule has 3 heterocycles. The van der Waals surface area contributed by atoms with Gasteiger partial charge in [0, 0.05) is 16.3 Å². The first kappa shape index (κ1) is 16.8. The summed E-state index contributed by atoms with van der Waals surface area (Å²) in [5.41, 5.74) is 2.95. The second-order valence-corrected chi connectivity index (χ2v) is 7.10. The van der Waals surface area contributed by atoms with Crippen molar-refractivity contribution in [3.63, 3.8) is 0 Å². The number of para-hydroxylation sites is 1. The number of benzene rings is 2. The van der Waals surface area contributed by atoms with Gasteiger partial charge in [0.15, 0.2) is 22.2 Å². The fourth-order valence-electron chi connectivity index (χ4n) is 3.05. The van der Waals surface area contributed by atoms with Crippen molar-refractivity contribution in [2.24, 2.45) is 0 Å². The summed E-state index contributed by atoms with van der Waals surface area (Å²) in [6.07, 6.45) is 0.121. The maximum atomic E-state index is 12.4. The number of thiazole rings is 1. The van der Waals surface area contributed by atoms with Gasteiger partial charge in [-0.2, -0.15) is 0 Å². The highest BCUT2D eigenvalue weighted by molar-refractivity contribution is 7.14. The molecule has 0 atom stereocenters. The van der Waals surface area contributed by atoms with E-state index in [0.717, 1.165) is 22.4 Å². The Bertz CT molecular complexity index is 1170. The highest BCUT2D eigenvalue weighted by Crippen LogP contribution is 2.35. The zero-order valence-electron chi connectivity index (χ0n) is 14.7. The maximum absolute atomic E-state index is 12.4. The molecule has 0 radical (unpaired) electrons. The van der Waals surface area contributed by atoms with Gasteiger partial charge in [-0.05, 0) is 30.3 Å². The third kappa shape index (κ3) is 3.18. The number of rotatable bonds is 4. The molecular formula is C20H15N3O4S. The van der Waals surface area contributed by atoms with E-state index in [0.29, 0.717) is 35.4 Å². The van der Waals surface area contributed by atoms with Crippen LogP contribution >= 0.6 is 11.3 Å². The molecule has 5 rings (SSSR count). The van der Waals surface area contributed by atoms with E-state index in [4.69, 9.17) is 14.0 Å². The Morgan fingerprint density at radius 3 is 2.89 bits per heavy atom.